The SMILES string of the molecule is CC/C(=N\N=C(/C)c1cc(Cl)ccn1)OCc1c(OC)cccc1-n1nnn(C)c1=O. The largest absolute Gasteiger partial charge is 0.496 e. The van der Waals surface area contributed by atoms with Crippen molar-refractivity contribution >= 4 is 23.2 Å². The van der Waals surface area contributed by atoms with Crippen LogP contribution in [-0.2, 0) is 18.4 Å². The molecule has 0 bridgehead atoms. The standard InChI is InChI=1S/C20H22ClN7O3/c1-5-19(24-23-13(2)16-11-14(21)9-10-22-16)31-12-15-17(7-6-8-18(15)30-4)28-20(29)27(3)25-26-28/h6-11H,5,12H2,1-4H3/b23-13+,24-19+. The van der Waals surface area contributed by atoms with E-state index < -0.39 is 0 Å². The van der Waals surface area contributed by atoms with E-state index in [4.69, 9.17) is 21.1 Å². The molecule has 3 rings (SSSR count). The molecule has 0 radical (unpaired) electrons. The third-order valence-electron chi connectivity index (χ3n) is 4.37. The van der Waals surface area contributed by atoms with Crippen LogP contribution in [0.2, 0.25) is 5.02 Å². The summed E-state index contributed by atoms with van der Waals surface area (Å²) in [5.41, 5.74) is 1.98. The molecule has 0 spiro atoms. The van der Waals surface area contributed by atoms with Crippen molar-refractivity contribution in [2.45, 2.75) is 26.9 Å². The van der Waals surface area contributed by atoms with Gasteiger partial charge in [0, 0.05) is 24.7 Å². The summed E-state index contributed by atoms with van der Waals surface area (Å²) in [5, 5.41) is 16.6. The Balaban J connectivity index is 1.87. The van der Waals surface area contributed by atoms with E-state index in [0.29, 0.717) is 45.7 Å². The average Bonchev–Trinajstić information content (AvgIpc) is 3.11. The average molecular weight is 444 g/mol. The lowest BCUT2D eigenvalue weighted by atomic mass is 10.1. The smallest absolute Gasteiger partial charge is 0.368 e. The lowest BCUT2D eigenvalue weighted by Gasteiger charge is -2.14. The van der Waals surface area contributed by atoms with Crippen LogP contribution >= 0.6 is 11.6 Å². The van der Waals surface area contributed by atoms with Crippen molar-refractivity contribution in [2.75, 3.05) is 7.11 Å². The van der Waals surface area contributed by atoms with Crippen LogP contribution in [0.1, 0.15) is 31.5 Å². The molecule has 3 aromatic rings. The number of benzene rings is 1. The lowest BCUT2D eigenvalue weighted by molar-refractivity contribution is 0.275. The molecule has 10 nitrogen and oxygen atoms in total. The van der Waals surface area contributed by atoms with E-state index in [1.54, 1.807) is 50.6 Å². The quantitative estimate of drug-likeness (QED) is 0.315. The van der Waals surface area contributed by atoms with Gasteiger partial charge in [-0.3, -0.25) is 4.98 Å². The summed E-state index contributed by atoms with van der Waals surface area (Å²) >= 11 is 6.00. The molecule has 0 fully saturated rings. The molecule has 0 aliphatic heterocycles. The molecule has 2 aromatic heterocycles. The maximum atomic E-state index is 12.3. The Hall–Kier alpha value is -3.53. The maximum absolute atomic E-state index is 12.3. The highest BCUT2D eigenvalue weighted by atomic mass is 35.5. The summed E-state index contributed by atoms with van der Waals surface area (Å²) in [4.78, 5) is 16.5. The summed E-state index contributed by atoms with van der Waals surface area (Å²) in [5.74, 6) is 0.957. The molecule has 11 heteroatoms. The number of hydrogen-bond acceptors (Lipinski definition) is 8. The van der Waals surface area contributed by atoms with Gasteiger partial charge in [0.15, 0.2) is 0 Å². The minimum absolute atomic E-state index is 0.0962. The van der Waals surface area contributed by atoms with E-state index in [1.807, 2.05) is 6.92 Å². The highest BCUT2D eigenvalue weighted by Crippen LogP contribution is 2.25. The number of methoxy groups -OCH3 is 1. The predicted molar refractivity (Wildman–Crippen MR) is 117 cm³/mol. The molecule has 0 amide bonds. The molecule has 0 saturated heterocycles. The van der Waals surface area contributed by atoms with Gasteiger partial charge in [0.2, 0.25) is 5.90 Å². The number of ether oxygens (including phenoxy) is 2. The van der Waals surface area contributed by atoms with Crippen molar-refractivity contribution in [3.8, 4) is 11.4 Å². The van der Waals surface area contributed by atoms with Crippen LogP contribution in [0.3, 0.4) is 0 Å². The predicted octanol–water partition coefficient (Wildman–Crippen LogP) is 2.77. The Morgan fingerprint density at radius 2 is 2.03 bits per heavy atom. The van der Waals surface area contributed by atoms with Gasteiger partial charge in [0.05, 0.1) is 29.8 Å². The molecule has 0 unspecified atom stereocenters. The van der Waals surface area contributed by atoms with Crippen LogP contribution in [0.5, 0.6) is 5.75 Å². The number of tetrazole rings is 1. The summed E-state index contributed by atoms with van der Waals surface area (Å²) in [7, 11) is 3.07. The van der Waals surface area contributed by atoms with Crippen LogP contribution in [0, 0.1) is 0 Å². The zero-order chi connectivity index (χ0) is 22.4. The minimum Gasteiger partial charge on any atom is -0.496 e. The zero-order valence-corrected chi connectivity index (χ0v) is 18.4. The second kappa shape index (κ2) is 9.98. The fourth-order valence-electron chi connectivity index (χ4n) is 2.70. The number of pyridine rings is 1. The fraction of sp³-hybridized carbons (Fsp3) is 0.300. The van der Waals surface area contributed by atoms with Crippen molar-refractivity contribution < 1.29 is 9.47 Å². The van der Waals surface area contributed by atoms with Crippen molar-refractivity contribution in [3.05, 3.63) is 63.3 Å². The normalized spacial score (nSPS) is 12.2. The molecular formula is C20H22ClN7O3. The minimum atomic E-state index is -0.381. The number of aromatic nitrogens is 5. The van der Waals surface area contributed by atoms with Crippen molar-refractivity contribution in [1.29, 1.82) is 0 Å². The van der Waals surface area contributed by atoms with E-state index in [9.17, 15) is 4.79 Å². The van der Waals surface area contributed by atoms with Gasteiger partial charge in [0.25, 0.3) is 0 Å². The van der Waals surface area contributed by atoms with Gasteiger partial charge in [0.1, 0.15) is 12.4 Å². The van der Waals surface area contributed by atoms with Crippen LogP contribution in [0.25, 0.3) is 5.69 Å². The lowest BCUT2D eigenvalue weighted by Crippen LogP contribution is -2.23. The molecule has 0 saturated carbocycles. The number of hydrogen-bond donors (Lipinski definition) is 0. The molecule has 2 heterocycles. The van der Waals surface area contributed by atoms with E-state index in [0.717, 1.165) is 4.68 Å². The van der Waals surface area contributed by atoms with Gasteiger partial charge in [-0.2, -0.15) is 14.5 Å². The summed E-state index contributed by atoms with van der Waals surface area (Å²) in [6.07, 6.45) is 2.12. The van der Waals surface area contributed by atoms with Gasteiger partial charge in [-0.25, -0.2) is 4.79 Å². The third kappa shape index (κ3) is 5.15. The van der Waals surface area contributed by atoms with Gasteiger partial charge < -0.3 is 9.47 Å². The van der Waals surface area contributed by atoms with Crippen LogP contribution in [-0.4, -0.2) is 43.5 Å². The third-order valence-corrected chi connectivity index (χ3v) is 4.60. The Bertz CT molecular complexity index is 1180. The highest BCUT2D eigenvalue weighted by molar-refractivity contribution is 6.30. The summed E-state index contributed by atoms with van der Waals surface area (Å²) < 4.78 is 13.7. The van der Waals surface area contributed by atoms with E-state index in [1.165, 1.54) is 11.7 Å². The molecule has 162 valence electrons. The molecule has 0 N–H and O–H groups in total. The Morgan fingerprint density at radius 1 is 1.23 bits per heavy atom. The Morgan fingerprint density at radius 3 is 2.68 bits per heavy atom. The second-order valence-electron chi connectivity index (χ2n) is 6.44. The summed E-state index contributed by atoms with van der Waals surface area (Å²) in [6.45, 7) is 3.78. The van der Waals surface area contributed by atoms with Crippen LogP contribution in [0.15, 0.2) is 51.5 Å². The first kappa shape index (κ1) is 22.2. The number of halogens is 1. The Kier molecular flexibility index (Phi) is 7.14. The molecule has 0 atom stereocenters. The number of nitrogens with zero attached hydrogens (tertiary/aromatic N) is 7. The van der Waals surface area contributed by atoms with Crippen molar-refractivity contribution in [1.82, 2.24) is 24.8 Å². The van der Waals surface area contributed by atoms with Crippen LogP contribution in [0.4, 0.5) is 0 Å². The topological polar surface area (TPSA) is 109 Å². The van der Waals surface area contributed by atoms with E-state index in [2.05, 4.69) is 25.6 Å². The fourth-order valence-corrected chi connectivity index (χ4v) is 2.86. The van der Waals surface area contributed by atoms with Gasteiger partial charge in [-0.15, -0.1) is 5.10 Å². The van der Waals surface area contributed by atoms with Crippen molar-refractivity contribution in [2.24, 2.45) is 17.3 Å². The number of rotatable bonds is 7. The second-order valence-corrected chi connectivity index (χ2v) is 6.87. The molecule has 1 aromatic carbocycles. The van der Waals surface area contributed by atoms with Gasteiger partial charge in [-0.05, 0) is 41.6 Å². The van der Waals surface area contributed by atoms with Crippen molar-refractivity contribution in [3.63, 3.8) is 0 Å². The van der Waals surface area contributed by atoms with Gasteiger partial charge >= 0.3 is 5.69 Å². The molecule has 0 aliphatic rings. The van der Waals surface area contributed by atoms with Gasteiger partial charge in [-0.1, -0.05) is 24.6 Å². The highest BCUT2D eigenvalue weighted by Gasteiger charge is 2.16. The monoisotopic (exact) mass is 443 g/mol. The maximum Gasteiger partial charge on any atom is 0.368 e. The summed E-state index contributed by atoms with van der Waals surface area (Å²) in [6, 6.07) is 8.68. The first-order chi connectivity index (χ1) is 14.9. The first-order valence-corrected chi connectivity index (χ1v) is 9.83. The molecular weight excluding hydrogens is 422 g/mol. The molecule has 31 heavy (non-hydrogen) atoms. The zero-order valence-electron chi connectivity index (χ0n) is 17.6. The number of aryl methyl sites for hydroxylation is 1. The molecule has 0 aliphatic carbocycles. The first-order valence-electron chi connectivity index (χ1n) is 9.45. The van der Waals surface area contributed by atoms with Crippen LogP contribution < -0.4 is 10.4 Å². The van der Waals surface area contributed by atoms with E-state index in [-0.39, 0.29) is 12.3 Å². The Labute approximate surface area is 183 Å². The van der Waals surface area contributed by atoms with E-state index >= 15 is 0 Å².